The molecule has 32 valence electrons. The summed E-state index contributed by atoms with van der Waals surface area (Å²) in [6, 6.07) is 0. The average Bonchev–Trinajstić information content (AvgIpc) is 1.46. The minimum absolute atomic E-state index is 1.94. The molecule has 0 amide bonds. The third kappa shape index (κ3) is 239. The quantitative estimate of drug-likeness (QED) is 0.422. The van der Waals surface area contributed by atoms with Crippen molar-refractivity contribution in [3.63, 3.8) is 0 Å². The fraction of sp³-hybridized carbons (Fsp3) is 0. The summed E-state index contributed by atoms with van der Waals surface area (Å²) in [5.41, 5.74) is 0. The Morgan fingerprint density at radius 3 is 1.60 bits per heavy atom. The number of carbonyl (C=O) groups is 1. The second kappa shape index (κ2) is 48.3. The number of nitrogens with zero attached hydrogens (tertiary/aromatic N) is 1. The van der Waals surface area contributed by atoms with Crippen molar-refractivity contribution in [3.05, 3.63) is 4.91 Å². The van der Waals surface area contributed by atoms with E-state index in [0.717, 1.165) is 0 Å². The van der Waals surface area contributed by atoms with Gasteiger partial charge in [-0.2, -0.15) is 0 Å². The zero-order valence-electron chi connectivity index (χ0n) is 2.30. The van der Waals surface area contributed by atoms with Crippen molar-refractivity contribution in [3.8, 4) is 0 Å². The first-order valence-electron chi connectivity index (χ1n) is 0.620. The predicted octanol–water partition coefficient (Wildman–Crippen LogP) is 0.0297. The fourth-order valence-electron chi connectivity index (χ4n) is 0. The molecule has 0 aromatic heterocycles. The van der Waals surface area contributed by atoms with E-state index in [9.17, 15) is 0 Å². The van der Waals surface area contributed by atoms with Gasteiger partial charge in [0.1, 0.15) is 6.79 Å². The second-order valence-electron chi connectivity index (χ2n) is 0.0609. The van der Waals surface area contributed by atoms with Crippen LogP contribution >= 0.6 is 0 Å². The van der Waals surface area contributed by atoms with E-state index in [1.54, 1.807) is 0 Å². The fourth-order valence-corrected chi connectivity index (χ4v) is 0. The van der Waals surface area contributed by atoms with Gasteiger partial charge in [0.15, 0.2) is 0 Å². The first-order chi connectivity index (χ1) is 2.41. The summed E-state index contributed by atoms with van der Waals surface area (Å²) < 4.78 is 1.94. The molecule has 0 N–H and O–H groups in total. The first kappa shape index (κ1) is 8.84. The van der Waals surface area contributed by atoms with Crippen molar-refractivity contribution in [2.45, 2.75) is 0 Å². The maximum atomic E-state index is 8.42. The van der Waals surface area contributed by atoms with Crippen molar-refractivity contribution in [1.29, 1.82) is 0 Å². The molecule has 0 fully saturated rings. The number of carbonyl (C=O) groups excluding carboxylic acids is 1. The molecule has 0 aliphatic heterocycles. The van der Waals surface area contributed by atoms with E-state index in [4.69, 9.17) is 9.70 Å². The van der Waals surface area contributed by atoms with E-state index < -0.39 is 0 Å². The van der Waals surface area contributed by atoms with E-state index in [0.29, 0.717) is 0 Å². The molecule has 0 atom stereocenters. The molecular formula is CH2CoNO2. The molecule has 0 unspecified atom stereocenters. The summed E-state index contributed by atoms with van der Waals surface area (Å²) in [6.07, 6.45) is 0. The number of rotatable bonds is 0. The molecule has 0 heterocycles. The van der Waals surface area contributed by atoms with Crippen LogP contribution in [0.3, 0.4) is 0 Å². The SMILES string of the molecule is C=O.O=[N][Co]. The Morgan fingerprint density at radius 2 is 1.60 bits per heavy atom. The molecule has 0 saturated carbocycles. The van der Waals surface area contributed by atoms with Crippen LogP contribution in [0.1, 0.15) is 0 Å². The Hall–Kier alpha value is -0.224. The molecular weight excluding hydrogens is 117 g/mol. The van der Waals surface area contributed by atoms with Crippen LogP contribution in [0, 0.1) is 4.91 Å². The summed E-state index contributed by atoms with van der Waals surface area (Å²) in [6.45, 7) is 2.00. The van der Waals surface area contributed by atoms with Gasteiger partial charge in [0.2, 0.25) is 0 Å². The summed E-state index contributed by atoms with van der Waals surface area (Å²) in [5, 5.41) is 0. The van der Waals surface area contributed by atoms with Crippen molar-refractivity contribution in [1.82, 2.24) is 0 Å². The van der Waals surface area contributed by atoms with Gasteiger partial charge in [0, 0.05) is 0 Å². The molecule has 0 rings (SSSR count). The van der Waals surface area contributed by atoms with Gasteiger partial charge in [-0.3, -0.25) is 0 Å². The third-order valence-corrected chi connectivity index (χ3v) is 0. The van der Waals surface area contributed by atoms with Crippen LogP contribution in [0.4, 0.5) is 0 Å². The normalized spacial score (nSPS) is 3.60. The summed E-state index contributed by atoms with van der Waals surface area (Å²) >= 11 is 2.90. The van der Waals surface area contributed by atoms with E-state index in [1.165, 1.54) is 0 Å². The van der Waals surface area contributed by atoms with Crippen molar-refractivity contribution < 1.29 is 20.7 Å². The molecule has 0 aromatic carbocycles. The van der Waals surface area contributed by atoms with Gasteiger partial charge in [-0.25, -0.2) is 0 Å². The molecule has 0 aliphatic rings. The standard InChI is InChI=1S/CH2O.Co.NO/c1-2;;1-2/h1H2;;/q;+1;-1. The van der Waals surface area contributed by atoms with Gasteiger partial charge in [-0.1, -0.05) is 0 Å². The third-order valence-electron chi connectivity index (χ3n) is 0. The van der Waals surface area contributed by atoms with Gasteiger partial charge >= 0.3 is 25.1 Å². The monoisotopic (exact) mass is 119 g/mol. The molecule has 0 aromatic rings. The van der Waals surface area contributed by atoms with Gasteiger partial charge < -0.3 is 4.79 Å². The zero-order chi connectivity index (χ0) is 4.71. The van der Waals surface area contributed by atoms with E-state index in [2.05, 4.69) is 16.0 Å². The average molecular weight is 119 g/mol. The molecule has 4 heteroatoms. The van der Waals surface area contributed by atoms with Crippen LogP contribution in [-0.2, 0) is 20.7 Å². The summed E-state index contributed by atoms with van der Waals surface area (Å²) in [7, 11) is 0. The van der Waals surface area contributed by atoms with Crippen molar-refractivity contribution >= 4 is 6.79 Å². The van der Waals surface area contributed by atoms with Crippen LogP contribution in [0.15, 0.2) is 4.23 Å². The topological polar surface area (TPSA) is 46.5 Å². The molecule has 0 radical (unpaired) electrons. The Morgan fingerprint density at radius 1 is 1.60 bits per heavy atom. The van der Waals surface area contributed by atoms with Crippen molar-refractivity contribution in [2.75, 3.05) is 0 Å². The van der Waals surface area contributed by atoms with E-state index in [-0.39, 0.29) is 0 Å². The van der Waals surface area contributed by atoms with Crippen LogP contribution in [0.2, 0.25) is 0 Å². The van der Waals surface area contributed by atoms with E-state index >= 15 is 0 Å². The Balaban J connectivity index is 0. The molecule has 0 spiro atoms. The molecule has 5 heavy (non-hydrogen) atoms. The Labute approximate surface area is 37.5 Å². The minimum atomic E-state index is 1.94. The second-order valence-corrected chi connectivity index (χ2v) is 0.251. The number of hydrogen-bond acceptors (Lipinski definition) is 3. The van der Waals surface area contributed by atoms with E-state index in [1.807, 2.05) is 11.0 Å². The molecule has 0 bridgehead atoms. The molecule has 0 saturated heterocycles. The Bertz CT molecular complexity index is 23.6. The van der Waals surface area contributed by atoms with Gasteiger partial charge in [-0.05, 0) is 0 Å². The van der Waals surface area contributed by atoms with Crippen LogP contribution in [-0.4, -0.2) is 6.79 Å². The zero-order valence-corrected chi connectivity index (χ0v) is 3.35. The van der Waals surface area contributed by atoms with Crippen LogP contribution in [0.5, 0.6) is 0 Å². The van der Waals surface area contributed by atoms with Crippen LogP contribution < -0.4 is 0 Å². The van der Waals surface area contributed by atoms with Crippen molar-refractivity contribution in [2.24, 2.45) is 4.23 Å². The number of hydrogen-bond donors (Lipinski definition) is 0. The number of nitroso groups, excluding NO2 is 1. The van der Waals surface area contributed by atoms with Gasteiger partial charge in [0.05, 0.1) is 0 Å². The Kier molecular flexibility index (Phi) is 85.3. The molecule has 3 nitrogen and oxygen atoms in total. The van der Waals surface area contributed by atoms with Gasteiger partial charge in [0.25, 0.3) is 0 Å². The van der Waals surface area contributed by atoms with Crippen LogP contribution in [0.25, 0.3) is 0 Å². The first-order valence-corrected chi connectivity index (χ1v) is 1.09. The predicted molar refractivity (Wildman–Crippen MR) is 12.9 cm³/mol. The van der Waals surface area contributed by atoms with Gasteiger partial charge in [-0.15, -0.1) is 0 Å². The molecule has 0 aliphatic carbocycles. The summed E-state index contributed by atoms with van der Waals surface area (Å²) in [5.74, 6) is 0. The summed E-state index contributed by atoms with van der Waals surface area (Å²) in [4.78, 5) is 16.4. The maximum absolute atomic E-state index is 8.42.